The number of nitro groups is 1. The van der Waals surface area contributed by atoms with Gasteiger partial charge in [-0.25, -0.2) is 4.79 Å². The van der Waals surface area contributed by atoms with Crippen molar-refractivity contribution < 1.29 is 33.5 Å². The van der Waals surface area contributed by atoms with Gasteiger partial charge < -0.3 is 23.5 Å². The number of esters is 1. The molecule has 2 aromatic carbocycles. The second kappa shape index (κ2) is 11.9. The number of methoxy groups -OCH3 is 2. The summed E-state index contributed by atoms with van der Waals surface area (Å²) in [6.07, 6.45) is 0. The molecular formula is C26H27ClN2O8. The Morgan fingerprint density at radius 1 is 1.05 bits per heavy atom. The first-order valence-corrected chi connectivity index (χ1v) is 11.6. The van der Waals surface area contributed by atoms with Crippen molar-refractivity contribution in [1.82, 2.24) is 4.57 Å². The van der Waals surface area contributed by atoms with Gasteiger partial charge in [0.2, 0.25) is 11.5 Å². The van der Waals surface area contributed by atoms with Crippen LogP contribution in [-0.4, -0.2) is 48.7 Å². The number of rotatable bonds is 11. The number of ketones is 1. The van der Waals surface area contributed by atoms with Crippen molar-refractivity contribution >= 4 is 29.0 Å². The zero-order valence-corrected chi connectivity index (χ0v) is 21.8. The number of carbonyl (C=O) groups is 2. The Labute approximate surface area is 218 Å². The zero-order valence-electron chi connectivity index (χ0n) is 21.1. The molecule has 0 aliphatic heterocycles. The Hall–Kier alpha value is -3.89. The van der Waals surface area contributed by atoms with E-state index in [0.29, 0.717) is 12.2 Å². The van der Waals surface area contributed by atoms with Crippen LogP contribution in [0, 0.1) is 24.0 Å². The summed E-state index contributed by atoms with van der Waals surface area (Å²) < 4.78 is 23.4. The molecule has 37 heavy (non-hydrogen) atoms. The van der Waals surface area contributed by atoms with Crippen LogP contribution in [0.25, 0.3) is 0 Å². The molecule has 0 unspecified atom stereocenters. The quantitative estimate of drug-likeness (QED) is 0.134. The van der Waals surface area contributed by atoms with Crippen LogP contribution in [0.4, 0.5) is 5.69 Å². The molecule has 3 aromatic rings. The van der Waals surface area contributed by atoms with Gasteiger partial charge in [-0.15, -0.1) is 0 Å². The highest BCUT2D eigenvalue weighted by molar-refractivity contribution is 6.30. The number of Topliss-reactive ketones (excluding diaryl/α,β-unsaturated/α-hetero) is 1. The topological polar surface area (TPSA) is 119 Å². The number of carbonyl (C=O) groups excluding carboxylic acids is 2. The molecule has 0 amide bonds. The standard InChI is InChI=1S/C26H27ClN2O8/c1-15-10-20(17(3)28(15)16(2)13-34-4)22(30)14-36-26(31)18-6-8-24(25(11-18)35-5)37-23-9-7-19(27)12-21(23)29(32)33/h6-12,16H,13-14H2,1-5H3/t16-/m0/s1. The van der Waals surface area contributed by atoms with Crippen molar-refractivity contribution in [2.75, 3.05) is 27.4 Å². The van der Waals surface area contributed by atoms with Crippen LogP contribution in [0.2, 0.25) is 5.02 Å². The second-order valence-electron chi connectivity index (χ2n) is 8.30. The number of nitro benzene ring substituents is 1. The monoisotopic (exact) mass is 530 g/mol. The Bertz CT molecular complexity index is 1330. The van der Waals surface area contributed by atoms with Gasteiger partial charge in [0.1, 0.15) is 0 Å². The van der Waals surface area contributed by atoms with Crippen molar-refractivity contribution in [3.8, 4) is 17.2 Å². The summed E-state index contributed by atoms with van der Waals surface area (Å²) in [5, 5.41) is 11.5. The fraction of sp³-hybridized carbons (Fsp3) is 0.308. The van der Waals surface area contributed by atoms with E-state index in [-0.39, 0.29) is 45.3 Å². The lowest BCUT2D eigenvalue weighted by Gasteiger charge is -2.17. The van der Waals surface area contributed by atoms with Gasteiger partial charge in [0, 0.05) is 35.2 Å². The molecule has 0 saturated carbocycles. The molecule has 0 aliphatic carbocycles. The first kappa shape index (κ1) is 27.7. The highest BCUT2D eigenvalue weighted by atomic mass is 35.5. The molecule has 0 aliphatic rings. The summed E-state index contributed by atoms with van der Waals surface area (Å²) in [7, 11) is 2.98. The van der Waals surface area contributed by atoms with Gasteiger partial charge in [-0.3, -0.25) is 14.9 Å². The van der Waals surface area contributed by atoms with Gasteiger partial charge in [-0.1, -0.05) is 11.6 Å². The van der Waals surface area contributed by atoms with E-state index in [1.54, 1.807) is 13.2 Å². The van der Waals surface area contributed by atoms with Gasteiger partial charge in [0.05, 0.1) is 30.2 Å². The first-order valence-electron chi connectivity index (χ1n) is 11.2. The molecule has 0 bridgehead atoms. The van der Waals surface area contributed by atoms with Crippen molar-refractivity contribution in [2.45, 2.75) is 26.8 Å². The minimum absolute atomic E-state index is 0.0385. The van der Waals surface area contributed by atoms with Gasteiger partial charge in [-0.2, -0.15) is 0 Å². The molecule has 0 radical (unpaired) electrons. The molecule has 3 rings (SSSR count). The average molecular weight is 531 g/mol. The molecule has 1 atom stereocenters. The van der Waals surface area contributed by atoms with Crippen molar-refractivity contribution in [2.24, 2.45) is 0 Å². The zero-order chi connectivity index (χ0) is 27.3. The maximum absolute atomic E-state index is 12.8. The number of aromatic nitrogens is 1. The maximum atomic E-state index is 12.8. The fourth-order valence-corrected chi connectivity index (χ4v) is 4.23. The van der Waals surface area contributed by atoms with E-state index in [1.165, 1.54) is 43.5 Å². The number of nitrogens with zero attached hydrogens (tertiary/aromatic N) is 2. The predicted octanol–water partition coefficient (Wildman–Crippen LogP) is 5.71. The van der Waals surface area contributed by atoms with Gasteiger partial charge >= 0.3 is 11.7 Å². The lowest BCUT2D eigenvalue weighted by molar-refractivity contribution is -0.385. The molecule has 0 saturated heterocycles. The second-order valence-corrected chi connectivity index (χ2v) is 8.73. The van der Waals surface area contributed by atoms with E-state index in [1.807, 2.05) is 25.3 Å². The first-order chi connectivity index (χ1) is 17.6. The summed E-state index contributed by atoms with van der Waals surface area (Å²) in [6.45, 7) is 5.77. The maximum Gasteiger partial charge on any atom is 0.338 e. The van der Waals surface area contributed by atoms with Gasteiger partial charge in [0.15, 0.2) is 18.1 Å². The number of ether oxygens (including phenoxy) is 4. The minimum atomic E-state index is -0.739. The Morgan fingerprint density at radius 2 is 1.76 bits per heavy atom. The largest absolute Gasteiger partial charge is 0.493 e. The van der Waals surface area contributed by atoms with E-state index < -0.39 is 17.5 Å². The molecular weight excluding hydrogens is 504 g/mol. The number of aryl methyl sites for hydroxylation is 1. The van der Waals surface area contributed by atoms with Crippen LogP contribution in [0.1, 0.15) is 45.1 Å². The molecule has 1 aromatic heterocycles. The van der Waals surface area contributed by atoms with E-state index in [0.717, 1.165) is 11.4 Å². The smallest absolute Gasteiger partial charge is 0.338 e. The third kappa shape index (κ3) is 6.28. The van der Waals surface area contributed by atoms with Crippen molar-refractivity contribution in [3.05, 3.63) is 80.1 Å². The lowest BCUT2D eigenvalue weighted by Crippen LogP contribution is -2.17. The van der Waals surface area contributed by atoms with E-state index >= 15 is 0 Å². The van der Waals surface area contributed by atoms with Crippen molar-refractivity contribution in [1.29, 1.82) is 0 Å². The molecule has 0 spiro atoms. The Balaban J connectivity index is 1.73. The number of hydrogen-bond donors (Lipinski definition) is 0. The average Bonchev–Trinajstić information content (AvgIpc) is 3.17. The van der Waals surface area contributed by atoms with Crippen molar-refractivity contribution in [3.63, 3.8) is 0 Å². The van der Waals surface area contributed by atoms with Crippen LogP contribution in [0.15, 0.2) is 42.5 Å². The molecule has 10 nitrogen and oxygen atoms in total. The van der Waals surface area contributed by atoms with Gasteiger partial charge in [-0.05, 0) is 57.2 Å². The third-order valence-electron chi connectivity index (χ3n) is 5.70. The van der Waals surface area contributed by atoms with E-state index in [4.69, 9.17) is 30.5 Å². The number of hydrogen-bond acceptors (Lipinski definition) is 8. The van der Waals surface area contributed by atoms with Crippen LogP contribution < -0.4 is 9.47 Å². The van der Waals surface area contributed by atoms with E-state index in [9.17, 15) is 19.7 Å². The van der Waals surface area contributed by atoms with E-state index in [2.05, 4.69) is 0 Å². The lowest BCUT2D eigenvalue weighted by atomic mass is 10.1. The van der Waals surface area contributed by atoms with Gasteiger partial charge in [0.25, 0.3) is 0 Å². The Morgan fingerprint density at radius 3 is 2.41 bits per heavy atom. The summed E-state index contributed by atoms with van der Waals surface area (Å²) in [4.78, 5) is 36.2. The normalized spacial score (nSPS) is 11.6. The molecule has 0 N–H and O–H groups in total. The van der Waals surface area contributed by atoms with Crippen LogP contribution in [-0.2, 0) is 9.47 Å². The highest BCUT2D eigenvalue weighted by Gasteiger charge is 2.22. The fourth-order valence-electron chi connectivity index (χ4n) is 4.06. The summed E-state index contributed by atoms with van der Waals surface area (Å²) >= 11 is 5.85. The highest BCUT2D eigenvalue weighted by Crippen LogP contribution is 2.38. The van der Waals surface area contributed by atoms with Crippen LogP contribution in [0.3, 0.4) is 0 Å². The SMILES string of the molecule is COC[C@H](C)n1c(C)cc(C(=O)COC(=O)c2ccc(Oc3ccc(Cl)cc3[N+](=O)[O-])c(OC)c2)c1C. The minimum Gasteiger partial charge on any atom is -0.493 e. The predicted molar refractivity (Wildman–Crippen MR) is 136 cm³/mol. The van der Waals surface area contributed by atoms with Crippen LogP contribution in [0.5, 0.6) is 17.2 Å². The molecule has 1 heterocycles. The summed E-state index contributed by atoms with van der Waals surface area (Å²) in [5.74, 6) is -0.846. The van der Waals surface area contributed by atoms with Crippen LogP contribution >= 0.6 is 11.6 Å². The third-order valence-corrected chi connectivity index (χ3v) is 5.94. The number of halogens is 1. The Kier molecular flexibility index (Phi) is 8.90. The molecule has 11 heteroatoms. The summed E-state index contributed by atoms with van der Waals surface area (Å²) in [6, 6.07) is 9.98. The molecule has 196 valence electrons. The summed E-state index contributed by atoms with van der Waals surface area (Å²) in [5.41, 5.74) is 1.93. The molecule has 0 fully saturated rings. The number of benzene rings is 2.